The molecule has 1 unspecified atom stereocenters. The lowest BCUT2D eigenvalue weighted by molar-refractivity contribution is -0.138. The fourth-order valence-electron chi connectivity index (χ4n) is 2.87. The summed E-state index contributed by atoms with van der Waals surface area (Å²) >= 11 is 0. The van der Waals surface area contributed by atoms with E-state index < -0.39 is 11.6 Å². The molecule has 2 amide bonds. The molecule has 20 heavy (non-hydrogen) atoms. The van der Waals surface area contributed by atoms with Crippen molar-refractivity contribution >= 4 is 12.0 Å². The number of β-amino-alcohol motifs (C(OH)–C–C–N with tert-alkyl or cyclic N) is 1. The Hall–Kier alpha value is -1.34. The predicted molar refractivity (Wildman–Crippen MR) is 72.5 cm³/mol. The number of piperidine rings is 1. The van der Waals surface area contributed by atoms with Gasteiger partial charge in [-0.3, -0.25) is 9.69 Å². The maximum absolute atomic E-state index is 12.4. The number of aliphatic hydroxyl groups is 1. The number of hydrogen-bond donors (Lipinski definition) is 2. The summed E-state index contributed by atoms with van der Waals surface area (Å²) in [5, 5.41) is 18.8. The van der Waals surface area contributed by atoms with Crippen LogP contribution in [0.15, 0.2) is 0 Å². The molecule has 2 heterocycles. The molecule has 2 fully saturated rings. The molecule has 1 atom stereocenters. The lowest BCUT2D eigenvalue weighted by Crippen LogP contribution is -2.57. The van der Waals surface area contributed by atoms with E-state index in [1.807, 2.05) is 4.90 Å². The topological polar surface area (TPSA) is 84.3 Å². The van der Waals surface area contributed by atoms with Crippen LogP contribution in [-0.2, 0) is 4.79 Å². The van der Waals surface area contributed by atoms with Crippen molar-refractivity contribution in [3.8, 4) is 0 Å². The largest absolute Gasteiger partial charge is 0.480 e. The van der Waals surface area contributed by atoms with Gasteiger partial charge < -0.3 is 20.0 Å². The van der Waals surface area contributed by atoms with E-state index >= 15 is 0 Å². The van der Waals surface area contributed by atoms with E-state index in [-0.39, 0.29) is 12.6 Å². The number of carboxylic acids is 1. The molecule has 2 rings (SSSR count). The molecule has 0 bridgehead atoms. The van der Waals surface area contributed by atoms with Gasteiger partial charge in [0.15, 0.2) is 0 Å². The number of carboxylic acid groups (broad SMARTS) is 1. The Balaban J connectivity index is 1.84. The number of hydrogen-bond acceptors (Lipinski definition) is 4. The average Bonchev–Trinajstić information content (AvgIpc) is 2.37. The minimum absolute atomic E-state index is 0.0282. The van der Waals surface area contributed by atoms with E-state index in [9.17, 15) is 14.7 Å². The summed E-state index contributed by atoms with van der Waals surface area (Å²) in [6.07, 6.45) is 1.54. The second-order valence-corrected chi connectivity index (χ2v) is 5.96. The van der Waals surface area contributed by atoms with Gasteiger partial charge in [0.25, 0.3) is 0 Å². The highest BCUT2D eigenvalue weighted by molar-refractivity contribution is 5.75. The van der Waals surface area contributed by atoms with Crippen molar-refractivity contribution < 1.29 is 19.8 Å². The molecule has 0 saturated carbocycles. The quantitative estimate of drug-likeness (QED) is 0.725. The van der Waals surface area contributed by atoms with Gasteiger partial charge in [-0.05, 0) is 19.8 Å². The van der Waals surface area contributed by atoms with E-state index in [0.717, 1.165) is 12.8 Å². The molecule has 2 aliphatic rings. The predicted octanol–water partition coefficient (Wildman–Crippen LogP) is -0.345. The fraction of sp³-hybridized carbons (Fsp3) is 0.846. The maximum atomic E-state index is 12.4. The molecule has 2 N–H and O–H groups in total. The van der Waals surface area contributed by atoms with Gasteiger partial charge in [0.05, 0.1) is 18.7 Å². The van der Waals surface area contributed by atoms with Crippen molar-refractivity contribution in [2.45, 2.75) is 25.4 Å². The lowest BCUT2D eigenvalue weighted by atomic mass is 9.95. The van der Waals surface area contributed by atoms with Gasteiger partial charge in [0.1, 0.15) is 0 Å². The molecule has 0 radical (unpaired) electrons. The SMILES string of the molecule is CC1(O)CCCN(C(=O)N2CCN(CC(=O)O)CC2)C1. The number of rotatable bonds is 2. The first-order chi connectivity index (χ1) is 9.37. The van der Waals surface area contributed by atoms with E-state index in [1.165, 1.54) is 0 Å². The van der Waals surface area contributed by atoms with Gasteiger partial charge in [-0.2, -0.15) is 0 Å². The average molecular weight is 285 g/mol. The second-order valence-electron chi connectivity index (χ2n) is 5.96. The van der Waals surface area contributed by atoms with Gasteiger partial charge in [-0.15, -0.1) is 0 Å². The molecule has 114 valence electrons. The van der Waals surface area contributed by atoms with Gasteiger partial charge >= 0.3 is 12.0 Å². The van der Waals surface area contributed by atoms with Crippen LogP contribution in [0.25, 0.3) is 0 Å². The zero-order valence-electron chi connectivity index (χ0n) is 11.9. The minimum Gasteiger partial charge on any atom is -0.480 e. The molecule has 2 saturated heterocycles. The molecule has 7 heteroatoms. The van der Waals surface area contributed by atoms with Crippen molar-refractivity contribution in [2.75, 3.05) is 45.8 Å². The number of carbonyl (C=O) groups is 2. The van der Waals surface area contributed by atoms with E-state index in [1.54, 1.807) is 16.7 Å². The zero-order chi connectivity index (χ0) is 14.8. The molecule has 2 aliphatic heterocycles. The summed E-state index contributed by atoms with van der Waals surface area (Å²) in [6, 6.07) is -0.0417. The number of likely N-dealkylation sites (tertiary alicyclic amines) is 1. The number of amides is 2. The third-order valence-corrected chi connectivity index (χ3v) is 3.95. The van der Waals surface area contributed by atoms with Crippen molar-refractivity contribution in [3.63, 3.8) is 0 Å². The lowest BCUT2D eigenvalue weighted by Gasteiger charge is -2.41. The second kappa shape index (κ2) is 5.97. The van der Waals surface area contributed by atoms with Crippen LogP contribution in [0.5, 0.6) is 0 Å². The molecule has 0 aromatic heterocycles. The Bertz CT molecular complexity index is 378. The molecular weight excluding hydrogens is 262 g/mol. The number of aliphatic carboxylic acids is 1. The summed E-state index contributed by atoms with van der Waals surface area (Å²) in [6.45, 7) is 5.11. The third-order valence-electron chi connectivity index (χ3n) is 3.95. The Morgan fingerprint density at radius 2 is 1.75 bits per heavy atom. The Labute approximate surface area is 118 Å². The Kier molecular flexibility index (Phi) is 4.49. The number of piperazine rings is 1. The highest BCUT2D eigenvalue weighted by Gasteiger charge is 2.33. The first kappa shape index (κ1) is 15.1. The van der Waals surface area contributed by atoms with Crippen molar-refractivity contribution in [1.82, 2.24) is 14.7 Å². The summed E-state index contributed by atoms with van der Waals surface area (Å²) in [4.78, 5) is 28.3. The third kappa shape index (κ3) is 3.83. The maximum Gasteiger partial charge on any atom is 0.320 e. The number of urea groups is 1. The van der Waals surface area contributed by atoms with Crippen LogP contribution in [0.3, 0.4) is 0 Å². The Morgan fingerprint density at radius 1 is 1.10 bits per heavy atom. The van der Waals surface area contributed by atoms with Gasteiger partial charge in [0.2, 0.25) is 0 Å². The highest BCUT2D eigenvalue weighted by Crippen LogP contribution is 2.21. The van der Waals surface area contributed by atoms with Crippen molar-refractivity contribution in [2.24, 2.45) is 0 Å². The van der Waals surface area contributed by atoms with Crippen LogP contribution in [-0.4, -0.2) is 88.3 Å². The fourth-order valence-corrected chi connectivity index (χ4v) is 2.87. The summed E-state index contributed by atoms with van der Waals surface area (Å²) in [5.74, 6) is -0.836. The van der Waals surface area contributed by atoms with Gasteiger partial charge in [-0.25, -0.2) is 4.79 Å². The first-order valence-electron chi connectivity index (χ1n) is 7.08. The summed E-state index contributed by atoms with van der Waals surface area (Å²) in [5.41, 5.74) is -0.793. The molecular formula is C13H23N3O4. The number of nitrogens with zero attached hydrogens (tertiary/aromatic N) is 3. The van der Waals surface area contributed by atoms with E-state index in [0.29, 0.717) is 39.3 Å². The summed E-state index contributed by atoms with van der Waals surface area (Å²) < 4.78 is 0. The summed E-state index contributed by atoms with van der Waals surface area (Å²) in [7, 11) is 0. The standard InChI is InChI=1S/C13H23N3O4/c1-13(20)3-2-4-16(10-13)12(19)15-7-5-14(6-8-15)9-11(17)18/h20H,2-10H2,1H3,(H,17,18). The zero-order valence-corrected chi connectivity index (χ0v) is 11.9. The van der Waals surface area contributed by atoms with E-state index in [2.05, 4.69) is 0 Å². The van der Waals surface area contributed by atoms with Gasteiger partial charge in [-0.1, -0.05) is 0 Å². The normalized spacial score (nSPS) is 28.5. The van der Waals surface area contributed by atoms with Crippen LogP contribution in [0.2, 0.25) is 0 Å². The van der Waals surface area contributed by atoms with Crippen LogP contribution in [0.1, 0.15) is 19.8 Å². The molecule has 0 aromatic rings. The Morgan fingerprint density at radius 3 is 2.30 bits per heavy atom. The monoisotopic (exact) mass is 285 g/mol. The van der Waals surface area contributed by atoms with Crippen LogP contribution >= 0.6 is 0 Å². The number of carbonyl (C=O) groups excluding carboxylic acids is 1. The molecule has 0 spiro atoms. The van der Waals surface area contributed by atoms with Crippen LogP contribution < -0.4 is 0 Å². The molecule has 7 nitrogen and oxygen atoms in total. The van der Waals surface area contributed by atoms with E-state index in [4.69, 9.17) is 5.11 Å². The minimum atomic E-state index is -0.836. The smallest absolute Gasteiger partial charge is 0.320 e. The molecule has 0 aromatic carbocycles. The van der Waals surface area contributed by atoms with Crippen LogP contribution in [0.4, 0.5) is 4.79 Å². The highest BCUT2D eigenvalue weighted by atomic mass is 16.4. The van der Waals surface area contributed by atoms with Crippen LogP contribution in [0, 0.1) is 0 Å². The van der Waals surface area contributed by atoms with Gasteiger partial charge in [0, 0.05) is 32.7 Å². The first-order valence-corrected chi connectivity index (χ1v) is 7.08. The van der Waals surface area contributed by atoms with Crippen molar-refractivity contribution in [3.05, 3.63) is 0 Å². The molecule has 0 aliphatic carbocycles. The van der Waals surface area contributed by atoms with Crippen molar-refractivity contribution in [1.29, 1.82) is 0 Å².